The van der Waals surface area contributed by atoms with E-state index < -0.39 is 4.92 Å². The molecule has 0 atom stereocenters. The average molecular weight is 429 g/mol. The number of fused-ring (bicyclic) bond motifs is 1. The summed E-state index contributed by atoms with van der Waals surface area (Å²) in [5, 5.41) is 15.9. The second-order valence-electron chi connectivity index (χ2n) is 7.21. The van der Waals surface area contributed by atoms with Crippen LogP contribution in [0.25, 0.3) is 5.69 Å². The monoisotopic (exact) mass is 428 g/mol. The van der Waals surface area contributed by atoms with Gasteiger partial charge in [-0.25, -0.2) is 9.07 Å². The van der Waals surface area contributed by atoms with Gasteiger partial charge in [-0.15, -0.1) is 0 Å². The highest BCUT2D eigenvalue weighted by molar-refractivity contribution is 6.31. The summed E-state index contributed by atoms with van der Waals surface area (Å²) in [5.74, 6) is -0.635. The third kappa shape index (κ3) is 3.66. The first kappa shape index (κ1) is 20.0. The van der Waals surface area contributed by atoms with Crippen LogP contribution in [0.15, 0.2) is 42.5 Å². The highest BCUT2D eigenvalue weighted by Gasteiger charge is 2.29. The second-order valence-corrected chi connectivity index (χ2v) is 7.62. The van der Waals surface area contributed by atoms with Gasteiger partial charge >= 0.3 is 0 Å². The SMILES string of the molecule is CN(Cc1cc([N+](=O)[O-])ccc1Cl)C(=O)c1nn(-c2ccc(F)cc2)c2c1CCC2. The van der Waals surface area contributed by atoms with Gasteiger partial charge in [0.1, 0.15) is 5.82 Å². The molecule has 30 heavy (non-hydrogen) atoms. The number of amides is 1. The summed E-state index contributed by atoms with van der Waals surface area (Å²) < 4.78 is 15.0. The van der Waals surface area contributed by atoms with E-state index in [1.165, 1.54) is 35.2 Å². The second kappa shape index (κ2) is 7.87. The number of non-ortho nitro benzene ring substituents is 1. The molecule has 0 bridgehead atoms. The van der Waals surface area contributed by atoms with Gasteiger partial charge in [-0.1, -0.05) is 11.6 Å². The minimum absolute atomic E-state index is 0.0864. The number of nitro benzene ring substituents is 1. The smallest absolute Gasteiger partial charge is 0.274 e. The van der Waals surface area contributed by atoms with Crippen molar-refractivity contribution in [1.82, 2.24) is 14.7 Å². The Morgan fingerprint density at radius 2 is 2.00 bits per heavy atom. The molecule has 7 nitrogen and oxygen atoms in total. The van der Waals surface area contributed by atoms with Crippen LogP contribution in [0, 0.1) is 15.9 Å². The van der Waals surface area contributed by atoms with Crippen molar-refractivity contribution in [1.29, 1.82) is 0 Å². The predicted octanol–water partition coefficient (Wildman–Crippen LogP) is 4.33. The van der Waals surface area contributed by atoms with Crippen molar-refractivity contribution < 1.29 is 14.1 Å². The van der Waals surface area contributed by atoms with Gasteiger partial charge in [0, 0.05) is 42.0 Å². The Hall–Kier alpha value is -3.26. The largest absolute Gasteiger partial charge is 0.336 e. The fourth-order valence-electron chi connectivity index (χ4n) is 3.71. The van der Waals surface area contributed by atoms with Gasteiger partial charge in [0.2, 0.25) is 0 Å². The number of hydrogen-bond acceptors (Lipinski definition) is 4. The van der Waals surface area contributed by atoms with E-state index in [1.807, 2.05) is 0 Å². The highest BCUT2D eigenvalue weighted by atomic mass is 35.5. The number of carbonyl (C=O) groups is 1. The van der Waals surface area contributed by atoms with Crippen LogP contribution in [0.4, 0.5) is 10.1 Å². The van der Waals surface area contributed by atoms with Crippen LogP contribution >= 0.6 is 11.6 Å². The number of rotatable bonds is 5. The van der Waals surface area contributed by atoms with Crippen molar-refractivity contribution in [3.05, 3.63) is 85.9 Å². The molecule has 0 saturated heterocycles. The molecule has 154 valence electrons. The summed E-state index contributed by atoms with van der Waals surface area (Å²) in [4.78, 5) is 25.1. The van der Waals surface area contributed by atoms with Crippen molar-refractivity contribution in [2.75, 3.05) is 7.05 Å². The van der Waals surface area contributed by atoms with E-state index >= 15 is 0 Å². The van der Waals surface area contributed by atoms with Gasteiger partial charge in [-0.2, -0.15) is 5.10 Å². The van der Waals surface area contributed by atoms with Crippen LogP contribution in [-0.2, 0) is 19.4 Å². The maximum Gasteiger partial charge on any atom is 0.274 e. The standard InChI is InChI=1S/C21H18ClFN4O3/c1-25(12-13-11-16(27(29)30)9-10-18(13)22)21(28)20-17-3-2-4-19(17)26(24-20)15-7-5-14(23)6-8-15/h5-11H,2-4,12H2,1H3. The molecule has 0 saturated carbocycles. The van der Waals surface area contributed by atoms with Gasteiger partial charge < -0.3 is 4.90 Å². The molecule has 0 fully saturated rings. The Labute approximate surface area is 176 Å². The van der Waals surface area contributed by atoms with Gasteiger partial charge in [-0.3, -0.25) is 14.9 Å². The van der Waals surface area contributed by atoms with Crippen LogP contribution in [0.3, 0.4) is 0 Å². The van der Waals surface area contributed by atoms with Crippen molar-refractivity contribution >= 4 is 23.2 Å². The molecule has 0 N–H and O–H groups in total. The Kier molecular flexibility index (Phi) is 5.26. The molecule has 4 rings (SSSR count). The van der Waals surface area contributed by atoms with E-state index in [9.17, 15) is 19.3 Å². The van der Waals surface area contributed by atoms with Crippen LogP contribution < -0.4 is 0 Å². The number of nitrogens with zero attached hydrogens (tertiary/aromatic N) is 4. The minimum atomic E-state index is -0.501. The molecule has 0 aliphatic heterocycles. The molecule has 1 aliphatic carbocycles. The van der Waals surface area contributed by atoms with Crippen LogP contribution in [-0.4, -0.2) is 32.6 Å². The van der Waals surface area contributed by atoms with Crippen LogP contribution in [0.2, 0.25) is 5.02 Å². The number of halogens is 2. The molecular formula is C21H18ClFN4O3. The first-order chi connectivity index (χ1) is 14.3. The first-order valence-corrected chi connectivity index (χ1v) is 9.78. The fourth-order valence-corrected chi connectivity index (χ4v) is 3.89. The molecule has 1 aromatic heterocycles. The molecule has 3 aromatic rings. The van der Waals surface area contributed by atoms with E-state index in [1.54, 1.807) is 23.9 Å². The van der Waals surface area contributed by atoms with Crippen molar-refractivity contribution in [2.24, 2.45) is 0 Å². The van der Waals surface area contributed by atoms with Gasteiger partial charge in [-0.05, 0) is 55.2 Å². The predicted molar refractivity (Wildman–Crippen MR) is 109 cm³/mol. The van der Waals surface area contributed by atoms with Crippen molar-refractivity contribution in [3.63, 3.8) is 0 Å². The van der Waals surface area contributed by atoms with Crippen LogP contribution in [0.1, 0.15) is 33.7 Å². The lowest BCUT2D eigenvalue weighted by Crippen LogP contribution is -2.27. The van der Waals surface area contributed by atoms with E-state index in [-0.39, 0.29) is 24.0 Å². The maximum absolute atomic E-state index is 13.3. The van der Waals surface area contributed by atoms with Crippen molar-refractivity contribution in [2.45, 2.75) is 25.8 Å². The molecule has 9 heteroatoms. The maximum atomic E-state index is 13.3. The third-order valence-electron chi connectivity index (χ3n) is 5.20. The molecule has 0 radical (unpaired) electrons. The topological polar surface area (TPSA) is 81.3 Å². The van der Waals surface area contributed by atoms with E-state index in [4.69, 9.17) is 11.6 Å². The number of carbonyl (C=O) groups excluding carboxylic acids is 1. The van der Waals surface area contributed by atoms with Gasteiger partial charge in [0.15, 0.2) is 5.69 Å². The lowest BCUT2D eigenvalue weighted by atomic mass is 10.1. The highest BCUT2D eigenvalue weighted by Crippen LogP contribution is 2.29. The summed E-state index contributed by atoms with van der Waals surface area (Å²) in [6, 6.07) is 10.1. The average Bonchev–Trinajstić information content (AvgIpc) is 3.32. The van der Waals surface area contributed by atoms with Gasteiger partial charge in [0.05, 0.1) is 10.6 Å². The number of aromatic nitrogens is 2. The Morgan fingerprint density at radius 1 is 1.27 bits per heavy atom. The van der Waals surface area contributed by atoms with Crippen molar-refractivity contribution in [3.8, 4) is 5.69 Å². The zero-order chi connectivity index (χ0) is 21.4. The molecule has 0 spiro atoms. The fraction of sp³-hybridized carbons (Fsp3) is 0.238. The Morgan fingerprint density at radius 3 is 2.70 bits per heavy atom. The molecule has 1 heterocycles. The Balaban J connectivity index is 1.64. The van der Waals surface area contributed by atoms with Crippen LogP contribution in [0.5, 0.6) is 0 Å². The molecule has 0 unspecified atom stereocenters. The third-order valence-corrected chi connectivity index (χ3v) is 5.57. The first-order valence-electron chi connectivity index (χ1n) is 9.40. The normalized spacial score (nSPS) is 12.6. The Bertz CT molecular complexity index is 1140. The number of benzene rings is 2. The van der Waals surface area contributed by atoms with Gasteiger partial charge in [0.25, 0.3) is 11.6 Å². The summed E-state index contributed by atoms with van der Waals surface area (Å²) in [5.41, 5.74) is 3.27. The quantitative estimate of drug-likeness (QED) is 0.447. The van der Waals surface area contributed by atoms with E-state index in [0.29, 0.717) is 22.0 Å². The zero-order valence-electron chi connectivity index (χ0n) is 16.1. The van der Waals surface area contributed by atoms with E-state index in [2.05, 4.69) is 5.10 Å². The zero-order valence-corrected chi connectivity index (χ0v) is 16.9. The molecule has 1 aliphatic rings. The summed E-state index contributed by atoms with van der Waals surface area (Å²) in [6.45, 7) is 0.109. The molecule has 2 aromatic carbocycles. The molecular weight excluding hydrogens is 411 g/mol. The lowest BCUT2D eigenvalue weighted by Gasteiger charge is -2.17. The lowest BCUT2D eigenvalue weighted by molar-refractivity contribution is -0.384. The van der Waals surface area contributed by atoms with E-state index in [0.717, 1.165) is 30.5 Å². The number of hydrogen-bond donors (Lipinski definition) is 0. The molecule has 1 amide bonds. The number of nitro groups is 1. The summed E-state index contributed by atoms with van der Waals surface area (Å²) >= 11 is 6.18. The summed E-state index contributed by atoms with van der Waals surface area (Å²) in [7, 11) is 1.61. The summed E-state index contributed by atoms with van der Waals surface area (Å²) in [6.07, 6.45) is 2.44. The minimum Gasteiger partial charge on any atom is -0.336 e.